The van der Waals surface area contributed by atoms with Gasteiger partial charge >= 0.3 is 0 Å². The SMILES string of the molecule is O=C(c1cccc(OCc2cn3ccccc3n2)c1)N1CCC2CCC(C1)N2. The van der Waals surface area contributed by atoms with E-state index in [-0.39, 0.29) is 5.91 Å². The first-order valence-electron chi connectivity index (χ1n) is 9.95. The topological polar surface area (TPSA) is 58.9 Å². The van der Waals surface area contributed by atoms with Gasteiger partial charge in [0, 0.05) is 43.1 Å². The van der Waals surface area contributed by atoms with Crippen LogP contribution in [0.5, 0.6) is 5.75 Å². The smallest absolute Gasteiger partial charge is 0.254 e. The quantitative estimate of drug-likeness (QED) is 0.761. The van der Waals surface area contributed by atoms with Gasteiger partial charge in [0.25, 0.3) is 5.91 Å². The maximum absolute atomic E-state index is 13.0. The molecule has 144 valence electrons. The fraction of sp³-hybridized carbons (Fsp3) is 0.364. The molecule has 2 aliphatic heterocycles. The van der Waals surface area contributed by atoms with Crippen LogP contribution in [0.4, 0.5) is 0 Å². The number of pyridine rings is 1. The van der Waals surface area contributed by atoms with Gasteiger partial charge in [-0.05, 0) is 49.6 Å². The van der Waals surface area contributed by atoms with Gasteiger partial charge in [0.05, 0.1) is 5.69 Å². The second-order valence-electron chi connectivity index (χ2n) is 7.69. The summed E-state index contributed by atoms with van der Waals surface area (Å²) in [5.41, 5.74) is 2.44. The van der Waals surface area contributed by atoms with Crippen molar-refractivity contribution >= 4 is 11.6 Å². The van der Waals surface area contributed by atoms with Crippen molar-refractivity contribution in [1.82, 2.24) is 19.6 Å². The van der Waals surface area contributed by atoms with Crippen molar-refractivity contribution in [2.24, 2.45) is 0 Å². The molecule has 1 N–H and O–H groups in total. The molecular weight excluding hydrogens is 352 g/mol. The van der Waals surface area contributed by atoms with Crippen LogP contribution in [0, 0.1) is 0 Å². The van der Waals surface area contributed by atoms with E-state index in [2.05, 4.69) is 10.3 Å². The molecule has 1 aromatic carbocycles. The second kappa shape index (κ2) is 7.28. The van der Waals surface area contributed by atoms with Gasteiger partial charge in [-0.25, -0.2) is 4.98 Å². The Morgan fingerprint density at radius 2 is 2.07 bits per heavy atom. The molecule has 2 unspecified atom stereocenters. The summed E-state index contributed by atoms with van der Waals surface area (Å²) in [7, 11) is 0. The standard InChI is InChI=1S/C22H24N4O2/c27-22(26-11-9-17-7-8-18(13-26)23-17)16-4-3-5-20(12-16)28-15-19-14-25-10-2-1-6-21(25)24-19/h1-6,10,12,14,17-18,23H,7-9,11,13,15H2. The fourth-order valence-electron chi connectivity index (χ4n) is 4.24. The maximum atomic E-state index is 13.0. The molecular formula is C22H24N4O2. The summed E-state index contributed by atoms with van der Waals surface area (Å²) in [5.74, 6) is 0.782. The largest absolute Gasteiger partial charge is 0.487 e. The van der Waals surface area contributed by atoms with Crippen molar-refractivity contribution in [3.8, 4) is 5.75 Å². The van der Waals surface area contributed by atoms with Gasteiger partial charge in [-0.3, -0.25) is 4.79 Å². The number of ether oxygens (including phenoxy) is 1. The Labute approximate surface area is 164 Å². The number of carbonyl (C=O) groups excluding carboxylic acids is 1. The molecule has 4 heterocycles. The predicted octanol–water partition coefficient (Wildman–Crippen LogP) is 2.88. The van der Waals surface area contributed by atoms with Crippen LogP contribution in [0.15, 0.2) is 54.9 Å². The number of hydrogen-bond acceptors (Lipinski definition) is 4. The van der Waals surface area contributed by atoms with Crippen molar-refractivity contribution in [2.75, 3.05) is 13.1 Å². The van der Waals surface area contributed by atoms with Crippen LogP contribution in [0.3, 0.4) is 0 Å². The van der Waals surface area contributed by atoms with E-state index in [0.717, 1.165) is 37.3 Å². The molecule has 0 aliphatic carbocycles. The van der Waals surface area contributed by atoms with Crippen molar-refractivity contribution in [3.05, 3.63) is 66.1 Å². The third kappa shape index (κ3) is 3.47. The average molecular weight is 376 g/mol. The Kier molecular flexibility index (Phi) is 4.49. The highest BCUT2D eigenvalue weighted by Crippen LogP contribution is 2.23. The maximum Gasteiger partial charge on any atom is 0.254 e. The minimum Gasteiger partial charge on any atom is -0.487 e. The molecule has 0 spiro atoms. The van der Waals surface area contributed by atoms with Crippen molar-refractivity contribution < 1.29 is 9.53 Å². The predicted molar refractivity (Wildman–Crippen MR) is 106 cm³/mol. The molecule has 2 saturated heterocycles. The van der Waals surface area contributed by atoms with Gasteiger partial charge in [-0.15, -0.1) is 0 Å². The van der Waals surface area contributed by atoms with E-state index in [1.54, 1.807) is 0 Å². The Balaban J connectivity index is 1.27. The molecule has 6 nitrogen and oxygen atoms in total. The molecule has 1 amide bonds. The average Bonchev–Trinajstić information content (AvgIpc) is 3.28. The lowest BCUT2D eigenvalue weighted by Crippen LogP contribution is -2.39. The normalized spacial score (nSPS) is 21.6. The number of fused-ring (bicyclic) bond motifs is 3. The third-order valence-corrected chi connectivity index (χ3v) is 5.69. The molecule has 2 aromatic heterocycles. The highest BCUT2D eigenvalue weighted by Gasteiger charge is 2.31. The summed E-state index contributed by atoms with van der Waals surface area (Å²) in [6.07, 6.45) is 7.36. The van der Waals surface area contributed by atoms with Crippen molar-refractivity contribution in [3.63, 3.8) is 0 Å². The van der Waals surface area contributed by atoms with E-state index in [1.807, 2.05) is 64.2 Å². The number of hydrogen-bond donors (Lipinski definition) is 1. The van der Waals surface area contributed by atoms with Crippen LogP contribution >= 0.6 is 0 Å². The highest BCUT2D eigenvalue weighted by molar-refractivity contribution is 5.94. The van der Waals surface area contributed by atoms with E-state index >= 15 is 0 Å². The molecule has 28 heavy (non-hydrogen) atoms. The molecule has 0 radical (unpaired) electrons. The summed E-state index contributed by atoms with van der Waals surface area (Å²) in [6, 6.07) is 14.4. The monoisotopic (exact) mass is 376 g/mol. The Hall–Kier alpha value is -2.86. The van der Waals surface area contributed by atoms with Crippen LogP contribution in [0.25, 0.3) is 5.65 Å². The molecule has 6 heteroatoms. The number of amides is 1. The lowest BCUT2D eigenvalue weighted by molar-refractivity contribution is 0.0747. The Morgan fingerprint density at radius 3 is 3.00 bits per heavy atom. The van der Waals surface area contributed by atoms with Gasteiger partial charge in [-0.2, -0.15) is 0 Å². The first-order valence-corrected chi connectivity index (χ1v) is 9.95. The fourth-order valence-corrected chi connectivity index (χ4v) is 4.24. The summed E-state index contributed by atoms with van der Waals surface area (Å²) < 4.78 is 7.89. The van der Waals surface area contributed by atoms with E-state index in [4.69, 9.17) is 4.74 Å². The van der Waals surface area contributed by atoms with Gasteiger partial charge < -0.3 is 19.4 Å². The second-order valence-corrected chi connectivity index (χ2v) is 7.69. The molecule has 2 bridgehead atoms. The lowest BCUT2D eigenvalue weighted by Gasteiger charge is -2.24. The van der Waals surface area contributed by atoms with Gasteiger partial charge in [-0.1, -0.05) is 12.1 Å². The van der Waals surface area contributed by atoms with Crippen LogP contribution in [0.2, 0.25) is 0 Å². The third-order valence-electron chi connectivity index (χ3n) is 5.69. The van der Waals surface area contributed by atoms with Crippen LogP contribution in [0.1, 0.15) is 35.3 Å². The van der Waals surface area contributed by atoms with Crippen molar-refractivity contribution in [1.29, 1.82) is 0 Å². The Bertz CT molecular complexity index is 966. The first kappa shape index (κ1) is 17.3. The summed E-state index contributed by atoms with van der Waals surface area (Å²) in [6.45, 7) is 1.98. The number of carbonyl (C=O) groups is 1. The number of aromatic nitrogens is 2. The van der Waals surface area contributed by atoms with Crippen LogP contribution in [-0.4, -0.2) is 45.4 Å². The zero-order chi connectivity index (χ0) is 18.9. The number of nitrogens with one attached hydrogen (secondary N) is 1. The number of rotatable bonds is 4. The summed E-state index contributed by atoms with van der Waals surface area (Å²) >= 11 is 0. The number of benzene rings is 1. The van der Waals surface area contributed by atoms with E-state index in [9.17, 15) is 4.79 Å². The van der Waals surface area contributed by atoms with Gasteiger partial charge in [0.15, 0.2) is 0 Å². The lowest BCUT2D eigenvalue weighted by atomic mass is 10.1. The molecule has 2 fully saturated rings. The zero-order valence-electron chi connectivity index (χ0n) is 15.8. The van der Waals surface area contributed by atoms with E-state index in [1.165, 1.54) is 6.42 Å². The molecule has 2 atom stereocenters. The Morgan fingerprint density at radius 1 is 1.14 bits per heavy atom. The number of imidazole rings is 1. The van der Waals surface area contributed by atoms with Gasteiger partial charge in [0.1, 0.15) is 18.0 Å². The van der Waals surface area contributed by atoms with Crippen LogP contribution in [-0.2, 0) is 6.61 Å². The first-order chi connectivity index (χ1) is 13.7. The van der Waals surface area contributed by atoms with Crippen LogP contribution < -0.4 is 10.1 Å². The van der Waals surface area contributed by atoms with E-state index < -0.39 is 0 Å². The molecule has 2 aliphatic rings. The minimum atomic E-state index is 0.0903. The molecule has 0 saturated carbocycles. The number of nitrogens with zero attached hydrogens (tertiary/aromatic N) is 3. The molecule has 5 rings (SSSR count). The highest BCUT2D eigenvalue weighted by atomic mass is 16.5. The van der Waals surface area contributed by atoms with E-state index in [0.29, 0.717) is 30.0 Å². The summed E-state index contributed by atoms with van der Waals surface area (Å²) in [5, 5.41) is 3.62. The van der Waals surface area contributed by atoms with Crippen molar-refractivity contribution in [2.45, 2.75) is 38.0 Å². The minimum absolute atomic E-state index is 0.0903. The van der Waals surface area contributed by atoms with Gasteiger partial charge in [0.2, 0.25) is 0 Å². The zero-order valence-corrected chi connectivity index (χ0v) is 15.8. The summed E-state index contributed by atoms with van der Waals surface area (Å²) in [4.78, 5) is 19.5. The molecule has 3 aromatic rings. The number of likely N-dealkylation sites (tertiary alicyclic amines) is 1.